The van der Waals surface area contributed by atoms with Gasteiger partial charge in [0.15, 0.2) is 0 Å². The first-order valence-electron chi connectivity index (χ1n) is 8.84. The largest absolute Gasteiger partial charge is 0.433 e. The first-order chi connectivity index (χ1) is 13.0. The van der Waals surface area contributed by atoms with Gasteiger partial charge in [-0.15, -0.1) is 11.3 Å². The van der Waals surface area contributed by atoms with Gasteiger partial charge in [-0.05, 0) is 25.5 Å². The lowest BCUT2D eigenvalue weighted by molar-refractivity contribution is -0.145. The van der Waals surface area contributed by atoms with Crippen molar-refractivity contribution in [3.8, 4) is 10.6 Å². The fourth-order valence-corrected chi connectivity index (χ4v) is 4.48. The molecule has 0 saturated carbocycles. The fraction of sp³-hybridized carbons (Fsp3) is 0.368. The Morgan fingerprint density at radius 1 is 1.15 bits per heavy atom. The molecule has 1 atom stereocenters. The van der Waals surface area contributed by atoms with Gasteiger partial charge in [0.2, 0.25) is 0 Å². The summed E-state index contributed by atoms with van der Waals surface area (Å²) in [5.74, 6) is 0. The van der Waals surface area contributed by atoms with E-state index in [1.807, 2.05) is 36.5 Å². The number of hydrogen-bond donors (Lipinski definition) is 0. The van der Waals surface area contributed by atoms with Gasteiger partial charge in [0.25, 0.3) is 0 Å². The smallest absolute Gasteiger partial charge is 0.296 e. The molecule has 2 aromatic heterocycles. The van der Waals surface area contributed by atoms with Gasteiger partial charge >= 0.3 is 6.18 Å². The van der Waals surface area contributed by atoms with Gasteiger partial charge in [-0.1, -0.05) is 30.3 Å². The summed E-state index contributed by atoms with van der Waals surface area (Å²) >= 11 is 1.63. The van der Waals surface area contributed by atoms with Gasteiger partial charge in [0.1, 0.15) is 10.7 Å². The summed E-state index contributed by atoms with van der Waals surface area (Å²) < 4.78 is 40.6. The Kier molecular flexibility index (Phi) is 5.01. The monoisotopic (exact) mass is 392 g/mol. The van der Waals surface area contributed by atoms with Crippen LogP contribution in [-0.4, -0.2) is 32.8 Å². The van der Waals surface area contributed by atoms with E-state index in [0.717, 1.165) is 39.2 Å². The standard InChI is InChI=1S/C19H19F3N4S/c20-19(21,22)17-8-9-24-26(17)15-7-4-10-25(12-15)13-16-11-23-18(27-16)14-5-2-1-3-6-14/h1-3,5-6,8-9,11,15H,4,7,10,12-13H2. The average molecular weight is 392 g/mol. The second-order valence-corrected chi connectivity index (χ2v) is 7.80. The van der Waals surface area contributed by atoms with Crippen molar-refractivity contribution < 1.29 is 13.2 Å². The Balaban J connectivity index is 1.45. The van der Waals surface area contributed by atoms with Gasteiger partial charge < -0.3 is 0 Å². The van der Waals surface area contributed by atoms with Crippen molar-refractivity contribution in [3.05, 3.63) is 59.4 Å². The van der Waals surface area contributed by atoms with Crippen molar-refractivity contribution in [2.45, 2.75) is 31.6 Å². The minimum Gasteiger partial charge on any atom is -0.296 e. The zero-order chi connectivity index (χ0) is 18.9. The highest BCUT2D eigenvalue weighted by atomic mass is 32.1. The van der Waals surface area contributed by atoms with E-state index in [1.165, 1.54) is 6.20 Å². The summed E-state index contributed by atoms with van der Waals surface area (Å²) in [5.41, 5.74) is 0.412. The molecular weight excluding hydrogens is 373 g/mol. The Morgan fingerprint density at radius 2 is 1.96 bits per heavy atom. The van der Waals surface area contributed by atoms with Crippen molar-refractivity contribution in [3.63, 3.8) is 0 Å². The molecule has 1 aliphatic heterocycles. The third-order valence-corrected chi connectivity index (χ3v) is 5.77. The van der Waals surface area contributed by atoms with Gasteiger partial charge in [-0.2, -0.15) is 18.3 Å². The third kappa shape index (κ3) is 4.06. The predicted octanol–water partition coefficient (Wildman–Crippen LogP) is 4.86. The van der Waals surface area contributed by atoms with E-state index in [1.54, 1.807) is 11.3 Å². The van der Waals surface area contributed by atoms with Crippen molar-refractivity contribution >= 4 is 11.3 Å². The Hall–Kier alpha value is -2.19. The number of likely N-dealkylation sites (tertiary alicyclic amines) is 1. The summed E-state index contributed by atoms with van der Waals surface area (Å²) in [6.45, 7) is 2.13. The maximum Gasteiger partial charge on any atom is 0.433 e. The number of hydrogen-bond acceptors (Lipinski definition) is 4. The number of alkyl halides is 3. The normalized spacial score (nSPS) is 18.7. The van der Waals surface area contributed by atoms with Gasteiger partial charge in [-0.25, -0.2) is 4.98 Å². The van der Waals surface area contributed by atoms with Crippen molar-refractivity contribution in [2.24, 2.45) is 0 Å². The molecule has 0 amide bonds. The predicted molar refractivity (Wildman–Crippen MR) is 98.3 cm³/mol. The average Bonchev–Trinajstić information content (AvgIpc) is 3.32. The molecule has 3 aromatic rings. The summed E-state index contributed by atoms with van der Waals surface area (Å²) in [5, 5.41) is 4.92. The van der Waals surface area contributed by atoms with E-state index >= 15 is 0 Å². The fourth-order valence-electron chi connectivity index (χ4n) is 3.52. The molecule has 0 radical (unpaired) electrons. The minimum atomic E-state index is -4.37. The van der Waals surface area contributed by atoms with E-state index in [0.29, 0.717) is 19.5 Å². The molecule has 0 N–H and O–H groups in total. The molecule has 0 spiro atoms. The summed E-state index contributed by atoms with van der Waals surface area (Å²) in [7, 11) is 0. The maximum atomic E-state index is 13.2. The molecule has 142 valence electrons. The molecule has 0 aliphatic carbocycles. The van der Waals surface area contributed by atoms with Crippen LogP contribution < -0.4 is 0 Å². The second kappa shape index (κ2) is 7.44. The van der Waals surface area contributed by atoms with Crippen LogP contribution in [0.15, 0.2) is 48.8 Å². The molecule has 1 fully saturated rings. The number of rotatable bonds is 4. The van der Waals surface area contributed by atoms with E-state index < -0.39 is 11.9 Å². The highest BCUT2D eigenvalue weighted by molar-refractivity contribution is 7.15. The number of aromatic nitrogens is 3. The summed E-state index contributed by atoms with van der Waals surface area (Å²) in [6, 6.07) is 10.8. The highest BCUT2D eigenvalue weighted by Crippen LogP contribution is 2.33. The Morgan fingerprint density at radius 3 is 2.74 bits per heavy atom. The SMILES string of the molecule is FC(F)(F)c1ccnn1C1CCCN(Cc2cnc(-c3ccccc3)s2)C1. The van der Waals surface area contributed by atoms with Crippen LogP contribution in [0.1, 0.15) is 29.5 Å². The van der Waals surface area contributed by atoms with E-state index in [2.05, 4.69) is 15.0 Å². The third-order valence-electron chi connectivity index (χ3n) is 4.74. The molecule has 1 aromatic carbocycles. The molecule has 1 aliphatic rings. The van der Waals surface area contributed by atoms with Crippen molar-refractivity contribution in [2.75, 3.05) is 13.1 Å². The minimum absolute atomic E-state index is 0.258. The molecule has 4 rings (SSSR count). The number of benzene rings is 1. The van der Waals surface area contributed by atoms with Gasteiger partial charge in [-0.3, -0.25) is 9.58 Å². The van der Waals surface area contributed by atoms with Crippen LogP contribution in [0.4, 0.5) is 13.2 Å². The highest BCUT2D eigenvalue weighted by Gasteiger charge is 2.37. The van der Waals surface area contributed by atoms with Crippen LogP contribution >= 0.6 is 11.3 Å². The Bertz CT molecular complexity index is 888. The molecule has 1 unspecified atom stereocenters. The molecule has 0 bridgehead atoms. The molecule has 1 saturated heterocycles. The molecule has 8 heteroatoms. The lowest BCUT2D eigenvalue weighted by Gasteiger charge is -2.33. The number of nitrogens with zero attached hydrogens (tertiary/aromatic N) is 4. The maximum absolute atomic E-state index is 13.2. The number of halogens is 3. The Labute approximate surface area is 159 Å². The molecular formula is C19H19F3N4S. The number of thiazole rings is 1. The van der Waals surface area contributed by atoms with E-state index in [4.69, 9.17) is 0 Å². The van der Waals surface area contributed by atoms with Crippen LogP contribution in [-0.2, 0) is 12.7 Å². The summed E-state index contributed by atoms with van der Waals surface area (Å²) in [6.07, 6.45) is 0.287. The lowest BCUT2D eigenvalue weighted by Crippen LogP contribution is -2.37. The lowest BCUT2D eigenvalue weighted by atomic mass is 10.1. The van der Waals surface area contributed by atoms with E-state index in [-0.39, 0.29) is 6.04 Å². The van der Waals surface area contributed by atoms with Crippen LogP contribution in [0.3, 0.4) is 0 Å². The van der Waals surface area contributed by atoms with E-state index in [9.17, 15) is 13.2 Å². The summed E-state index contributed by atoms with van der Waals surface area (Å²) in [4.78, 5) is 7.80. The number of piperidine rings is 1. The first kappa shape index (κ1) is 18.2. The molecule has 4 nitrogen and oxygen atoms in total. The van der Waals surface area contributed by atoms with Crippen LogP contribution in [0, 0.1) is 0 Å². The topological polar surface area (TPSA) is 34.0 Å². The van der Waals surface area contributed by atoms with Crippen molar-refractivity contribution in [1.82, 2.24) is 19.7 Å². The van der Waals surface area contributed by atoms with Gasteiger partial charge in [0, 0.05) is 35.9 Å². The van der Waals surface area contributed by atoms with Gasteiger partial charge in [0.05, 0.1) is 6.04 Å². The van der Waals surface area contributed by atoms with Crippen LogP contribution in [0.25, 0.3) is 10.6 Å². The van der Waals surface area contributed by atoms with Crippen LogP contribution in [0.5, 0.6) is 0 Å². The zero-order valence-corrected chi connectivity index (χ0v) is 15.4. The first-order valence-corrected chi connectivity index (χ1v) is 9.65. The zero-order valence-electron chi connectivity index (χ0n) is 14.6. The second-order valence-electron chi connectivity index (χ2n) is 6.69. The molecule has 27 heavy (non-hydrogen) atoms. The van der Waals surface area contributed by atoms with Crippen molar-refractivity contribution in [1.29, 1.82) is 0 Å². The molecule has 3 heterocycles. The quantitative estimate of drug-likeness (QED) is 0.636. The van der Waals surface area contributed by atoms with Crippen LogP contribution in [0.2, 0.25) is 0 Å².